The van der Waals surface area contributed by atoms with Crippen molar-refractivity contribution >= 4 is 17.5 Å². The molecule has 1 aliphatic heterocycles. The third-order valence-electron chi connectivity index (χ3n) is 5.53. The zero-order valence-electron chi connectivity index (χ0n) is 17.5. The molecule has 0 bridgehead atoms. The van der Waals surface area contributed by atoms with Crippen molar-refractivity contribution in [3.8, 4) is 0 Å². The smallest absolute Gasteiger partial charge is 0.227 e. The lowest BCUT2D eigenvalue weighted by molar-refractivity contribution is 0.248. The van der Waals surface area contributed by atoms with Gasteiger partial charge in [0.25, 0.3) is 0 Å². The number of nitrogens with zero attached hydrogens (tertiary/aromatic N) is 4. The Morgan fingerprint density at radius 2 is 1.59 bits per heavy atom. The predicted octanol–water partition coefficient (Wildman–Crippen LogP) is 4.47. The van der Waals surface area contributed by atoms with Crippen LogP contribution in [0, 0.1) is 20.8 Å². The normalized spacial score (nSPS) is 14.8. The van der Waals surface area contributed by atoms with Gasteiger partial charge in [-0.1, -0.05) is 36.4 Å². The Morgan fingerprint density at radius 1 is 0.828 bits per heavy atom. The average molecular weight is 388 g/mol. The number of rotatable bonds is 5. The first-order valence-electron chi connectivity index (χ1n) is 10.3. The Bertz CT molecular complexity index is 962. The van der Waals surface area contributed by atoms with Crippen molar-refractivity contribution in [1.29, 1.82) is 0 Å². The highest BCUT2D eigenvalue weighted by Gasteiger charge is 2.19. The Labute approximate surface area is 173 Å². The second-order valence-electron chi connectivity index (χ2n) is 7.87. The maximum absolute atomic E-state index is 4.80. The molecule has 0 atom stereocenters. The van der Waals surface area contributed by atoms with Gasteiger partial charge in [0, 0.05) is 50.2 Å². The lowest BCUT2D eigenvalue weighted by atomic mass is 10.1. The topological polar surface area (TPSA) is 44.3 Å². The van der Waals surface area contributed by atoms with Gasteiger partial charge in [0.05, 0.1) is 0 Å². The van der Waals surface area contributed by atoms with Gasteiger partial charge in [-0.15, -0.1) is 0 Å². The number of aromatic nitrogens is 2. The molecule has 1 fully saturated rings. The lowest BCUT2D eigenvalue weighted by Crippen LogP contribution is -2.46. The van der Waals surface area contributed by atoms with Crippen molar-refractivity contribution in [2.24, 2.45) is 0 Å². The highest BCUT2D eigenvalue weighted by molar-refractivity contribution is 5.59. The summed E-state index contributed by atoms with van der Waals surface area (Å²) in [6.45, 7) is 11.2. The fourth-order valence-corrected chi connectivity index (χ4v) is 3.67. The van der Waals surface area contributed by atoms with E-state index in [1.807, 2.05) is 13.0 Å². The second-order valence-corrected chi connectivity index (χ2v) is 7.87. The molecule has 0 saturated carbocycles. The molecule has 1 aromatic heterocycles. The monoisotopic (exact) mass is 387 g/mol. The van der Waals surface area contributed by atoms with Gasteiger partial charge in [-0.3, -0.25) is 4.90 Å². The molecule has 1 aliphatic rings. The molecule has 29 heavy (non-hydrogen) atoms. The molecule has 0 unspecified atom stereocenters. The fraction of sp³-hybridized carbons (Fsp3) is 0.333. The van der Waals surface area contributed by atoms with E-state index in [2.05, 4.69) is 77.5 Å². The van der Waals surface area contributed by atoms with Gasteiger partial charge in [-0.05, 0) is 49.6 Å². The van der Waals surface area contributed by atoms with Gasteiger partial charge >= 0.3 is 0 Å². The highest BCUT2D eigenvalue weighted by atomic mass is 15.3. The first-order valence-corrected chi connectivity index (χ1v) is 10.3. The van der Waals surface area contributed by atoms with E-state index in [1.54, 1.807) is 0 Å². The Morgan fingerprint density at radius 3 is 2.31 bits per heavy atom. The molecule has 0 radical (unpaired) electrons. The van der Waals surface area contributed by atoms with E-state index < -0.39 is 0 Å². The Kier molecular flexibility index (Phi) is 5.76. The molecule has 2 heterocycles. The van der Waals surface area contributed by atoms with Crippen LogP contribution in [0.5, 0.6) is 0 Å². The molecule has 1 N–H and O–H groups in total. The summed E-state index contributed by atoms with van der Waals surface area (Å²) in [6, 6.07) is 19.1. The molecule has 5 nitrogen and oxygen atoms in total. The highest BCUT2D eigenvalue weighted by Crippen LogP contribution is 2.21. The van der Waals surface area contributed by atoms with Gasteiger partial charge in [-0.2, -0.15) is 4.98 Å². The SMILES string of the molecule is Cc1cc(Nc2ccc(C)c(C)c2)nc(N2CCN(Cc3ccccc3)CC2)n1. The molecular formula is C24H29N5. The van der Waals surface area contributed by atoms with Crippen LogP contribution >= 0.6 is 0 Å². The minimum atomic E-state index is 0.815. The van der Waals surface area contributed by atoms with E-state index in [-0.39, 0.29) is 0 Å². The zero-order chi connectivity index (χ0) is 20.2. The number of hydrogen-bond donors (Lipinski definition) is 1. The average Bonchev–Trinajstić information content (AvgIpc) is 2.72. The minimum absolute atomic E-state index is 0.815. The van der Waals surface area contributed by atoms with Crippen molar-refractivity contribution < 1.29 is 0 Å². The molecule has 4 rings (SSSR count). The van der Waals surface area contributed by atoms with Crippen molar-refractivity contribution in [2.75, 3.05) is 36.4 Å². The van der Waals surface area contributed by atoms with Crippen molar-refractivity contribution in [3.05, 3.63) is 77.0 Å². The Balaban J connectivity index is 1.42. The molecule has 5 heteroatoms. The number of benzene rings is 2. The standard InChI is InChI=1S/C24H29N5/c1-18-9-10-22(15-19(18)2)26-23-16-20(3)25-24(27-23)29-13-11-28(12-14-29)17-21-7-5-4-6-8-21/h4-10,15-16H,11-14,17H2,1-3H3,(H,25,26,27). The number of piperazine rings is 1. The van der Waals surface area contributed by atoms with E-state index in [0.717, 1.165) is 55.9 Å². The Hall–Kier alpha value is -2.92. The van der Waals surface area contributed by atoms with Crippen molar-refractivity contribution in [3.63, 3.8) is 0 Å². The van der Waals surface area contributed by atoms with E-state index in [4.69, 9.17) is 9.97 Å². The van der Waals surface area contributed by atoms with Crippen LogP contribution in [0.2, 0.25) is 0 Å². The summed E-state index contributed by atoms with van der Waals surface area (Å²) < 4.78 is 0. The summed E-state index contributed by atoms with van der Waals surface area (Å²) >= 11 is 0. The van der Waals surface area contributed by atoms with Crippen LogP contribution in [0.25, 0.3) is 0 Å². The summed E-state index contributed by atoms with van der Waals surface area (Å²) in [5.41, 5.74) is 5.98. The van der Waals surface area contributed by atoms with E-state index in [1.165, 1.54) is 16.7 Å². The van der Waals surface area contributed by atoms with Crippen LogP contribution in [0.1, 0.15) is 22.4 Å². The van der Waals surface area contributed by atoms with Gasteiger partial charge in [-0.25, -0.2) is 4.98 Å². The van der Waals surface area contributed by atoms with Crippen LogP contribution in [-0.4, -0.2) is 41.0 Å². The first-order chi connectivity index (χ1) is 14.1. The molecule has 150 valence electrons. The van der Waals surface area contributed by atoms with Gasteiger partial charge in [0.1, 0.15) is 5.82 Å². The molecule has 1 saturated heterocycles. The van der Waals surface area contributed by atoms with Gasteiger partial charge in [0.15, 0.2) is 0 Å². The van der Waals surface area contributed by atoms with Crippen LogP contribution in [-0.2, 0) is 6.54 Å². The first kappa shape index (κ1) is 19.4. The fourth-order valence-electron chi connectivity index (χ4n) is 3.67. The quantitative estimate of drug-likeness (QED) is 0.700. The van der Waals surface area contributed by atoms with Crippen molar-refractivity contribution in [1.82, 2.24) is 14.9 Å². The van der Waals surface area contributed by atoms with Crippen LogP contribution < -0.4 is 10.2 Å². The van der Waals surface area contributed by atoms with E-state index in [0.29, 0.717) is 0 Å². The molecular weight excluding hydrogens is 358 g/mol. The number of nitrogens with one attached hydrogen (secondary N) is 1. The summed E-state index contributed by atoms with van der Waals surface area (Å²) in [7, 11) is 0. The minimum Gasteiger partial charge on any atom is -0.340 e. The maximum Gasteiger partial charge on any atom is 0.227 e. The van der Waals surface area contributed by atoms with Crippen LogP contribution in [0.4, 0.5) is 17.5 Å². The largest absolute Gasteiger partial charge is 0.340 e. The molecule has 0 spiro atoms. The summed E-state index contributed by atoms with van der Waals surface area (Å²) in [5.74, 6) is 1.66. The summed E-state index contributed by atoms with van der Waals surface area (Å²) in [5, 5.41) is 3.45. The predicted molar refractivity (Wildman–Crippen MR) is 120 cm³/mol. The van der Waals surface area contributed by atoms with E-state index >= 15 is 0 Å². The third-order valence-corrected chi connectivity index (χ3v) is 5.53. The number of hydrogen-bond acceptors (Lipinski definition) is 5. The molecule has 2 aromatic carbocycles. The molecule has 0 aliphatic carbocycles. The van der Waals surface area contributed by atoms with Gasteiger partial charge in [0.2, 0.25) is 5.95 Å². The summed E-state index contributed by atoms with van der Waals surface area (Å²) in [4.78, 5) is 14.3. The van der Waals surface area contributed by atoms with E-state index in [9.17, 15) is 0 Å². The van der Waals surface area contributed by atoms with Crippen molar-refractivity contribution in [2.45, 2.75) is 27.3 Å². The van der Waals surface area contributed by atoms with Crippen LogP contribution in [0.15, 0.2) is 54.6 Å². The molecule has 0 amide bonds. The third kappa shape index (κ3) is 4.93. The lowest BCUT2D eigenvalue weighted by Gasteiger charge is -2.35. The molecule has 3 aromatic rings. The number of aryl methyl sites for hydroxylation is 3. The van der Waals surface area contributed by atoms with Gasteiger partial charge < -0.3 is 10.2 Å². The number of anilines is 3. The van der Waals surface area contributed by atoms with Crippen LogP contribution in [0.3, 0.4) is 0 Å². The zero-order valence-corrected chi connectivity index (χ0v) is 17.5. The second kappa shape index (κ2) is 8.62. The summed E-state index contributed by atoms with van der Waals surface area (Å²) in [6.07, 6.45) is 0. The maximum atomic E-state index is 4.80.